The number of carboxylic acid groups (broad SMARTS) is 1. The molecular formula is C13H24O5. The Balaban J connectivity index is 3.65. The largest absolute Gasteiger partial charge is 0.481 e. The van der Waals surface area contributed by atoms with Crippen molar-refractivity contribution in [3.05, 3.63) is 0 Å². The minimum atomic E-state index is -0.835. The van der Waals surface area contributed by atoms with Crippen molar-refractivity contribution in [1.82, 2.24) is 0 Å². The molecule has 0 aliphatic rings. The first kappa shape index (κ1) is 16.9. The molecule has 1 atom stereocenters. The first-order chi connectivity index (χ1) is 8.60. The molecule has 0 radical (unpaired) electrons. The summed E-state index contributed by atoms with van der Waals surface area (Å²) in [6.45, 7) is 4.56. The summed E-state index contributed by atoms with van der Waals surface area (Å²) in [6.07, 6.45) is 3.53. The van der Waals surface area contributed by atoms with Crippen LogP contribution in [-0.4, -0.2) is 29.9 Å². The van der Waals surface area contributed by atoms with Gasteiger partial charge in [-0.25, -0.2) is 0 Å². The lowest BCUT2D eigenvalue weighted by molar-refractivity contribution is -0.179. The van der Waals surface area contributed by atoms with Crippen molar-refractivity contribution in [2.75, 3.05) is 6.61 Å². The van der Waals surface area contributed by atoms with Crippen molar-refractivity contribution in [1.29, 1.82) is 0 Å². The predicted octanol–water partition coefficient (Wildman–Crippen LogP) is 2.73. The summed E-state index contributed by atoms with van der Waals surface area (Å²) in [7, 11) is 0. The second kappa shape index (κ2) is 11.0. The van der Waals surface area contributed by atoms with E-state index in [2.05, 4.69) is 6.92 Å². The van der Waals surface area contributed by atoms with Crippen LogP contribution in [0.2, 0.25) is 0 Å². The minimum absolute atomic E-state index is 0.0947. The summed E-state index contributed by atoms with van der Waals surface area (Å²) in [6, 6.07) is 0. The molecule has 0 aliphatic heterocycles. The van der Waals surface area contributed by atoms with Gasteiger partial charge in [0.1, 0.15) is 0 Å². The van der Waals surface area contributed by atoms with Gasteiger partial charge in [0.15, 0.2) is 0 Å². The molecule has 5 nitrogen and oxygen atoms in total. The maximum Gasteiger partial charge on any atom is 0.308 e. The average molecular weight is 260 g/mol. The van der Waals surface area contributed by atoms with Crippen LogP contribution in [0.4, 0.5) is 0 Å². The summed E-state index contributed by atoms with van der Waals surface area (Å²) in [5.41, 5.74) is 0. The molecule has 5 heteroatoms. The highest BCUT2D eigenvalue weighted by Gasteiger charge is 2.12. The van der Waals surface area contributed by atoms with Gasteiger partial charge in [0.2, 0.25) is 6.29 Å². The molecular weight excluding hydrogens is 236 g/mol. The molecule has 0 spiro atoms. The number of esters is 1. The van der Waals surface area contributed by atoms with Gasteiger partial charge in [0.05, 0.1) is 6.61 Å². The van der Waals surface area contributed by atoms with E-state index in [1.54, 1.807) is 0 Å². The zero-order valence-corrected chi connectivity index (χ0v) is 11.3. The van der Waals surface area contributed by atoms with E-state index in [1.165, 1.54) is 0 Å². The van der Waals surface area contributed by atoms with E-state index in [-0.39, 0.29) is 18.8 Å². The number of rotatable bonds is 11. The van der Waals surface area contributed by atoms with E-state index in [9.17, 15) is 9.59 Å². The number of carbonyl (C=O) groups excluding carboxylic acids is 1. The average Bonchev–Trinajstić information content (AvgIpc) is 2.33. The fraction of sp³-hybridized carbons (Fsp3) is 0.846. The van der Waals surface area contributed by atoms with E-state index in [1.807, 2.05) is 6.92 Å². The Morgan fingerprint density at radius 3 is 2.33 bits per heavy atom. The molecule has 0 aromatic heterocycles. The molecule has 0 fully saturated rings. The van der Waals surface area contributed by atoms with Gasteiger partial charge >= 0.3 is 11.9 Å². The molecule has 1 unspecified atom stereocenters. The van der Waals surface area contributed by atoms with Gasteiger partial charge in [-0.05, 0) is 19.3 Å². The van der Waals surface area contributed by atoms with Crippen LogP contribution >= 0.6 is 0 Å². The fourth-order valence-corrected chi connectivity index (χ4v) is 1.35. The van der Waals surface area contributed by atoms with Gasteiger partial charge in [-0.15, -0.1) is 0 Å². The van der Waals surface area contributed by atoms with E-state index < -0.39 is 12.3 Å². The minimum Gasteiger partial charge on any atom is -0.481 e. The Morgan fingerprint density at radius 2 is 1.78 bits per heavy atom. The van der Waals surface area contributed by atoms with E-state index in [4.69, 9.17) is 14.6 Å². The van der Waals surface area contributed by atoms with Crippen molar-refractivity contribution >= 4 is 11.9 Å². The Labute approximate surface area is 108 Å². The Hall–Kier alpha value is -1.10. The summed E-state index contributed by atoms with van der Waals surface area (Å²) >= 11 is 0. The molecule has 0 aromatic rings. The van der Waals surface area contributed by atoms with Gasteiger partial charge in [-0.1, -0.05) is 20.3 Å². The molecule has 0 amide bonds. The SMILES string of the molecule is CCCCOC(CC)OC(=O)CCCCC(=O)O. The molecule has 0 saturated carbocycles. The lowest BCUT2D eigenvalue weighted by Gasteiger charge is -2.16. The van der Waals surface area contributed by atoms with Crippen LogP contribution < -0.4 is 0 Å². The third kappa shape index (κ3) is 10.1. The third-order valence-corrected chi connectivity index (χ3v) is 2.42. The van der Waals surface area contributed by atoms with Crippen molar-refractivity contribution in [3.63, 3.8) is 0 Å². The number of carbonyl (C=O) groups is 2. The van der Waals surface area contributed by atoms with Gasteiger partial charge in [0.25, 0.3) is 0 Å². The van der Waals surface area contributed by atoms with Crippen molar-refractivity contribution in [3.8, 4) is 0 Å². The van der Waals surface area contributed by atoms with Crippen LogP contribution in [0.5, 0.6) is 0 Å². The standard InChI is InChI=1S/C13H24O5/c1-3-5-10-17-13(4-2)18-12(16)9-7-6-8-11(14)15/h13H,3-10H2,1-2H3,(H,14,15). The monoisotopic (exact) mass is 260 g/mol. The Bertz CT molecular complexity index is 240. The molecule has 0 rings (SSSR count). The Morgan fingerprint density at radius 1 is 1.11 bits per heavy atom. The molecule has 0 bridgehead atoms. The molecule has 0 saturated heterocycles. The summed E-state index contributed by atoms with van der Waals surface area (Å²) in [4.78, 5) is 21.7. The topological polar surface area (TPSA) is 72.8 Å². The molecule has 18 heavy (non-hydrogen) atoms. The Kier molecular flexibility index (Phi) is 10.3. The van der Waals surface area contributed by atoms with E-state index >= 15 is 0 Å². The number of hydrogen-bond donors (Lipinski definition) is 1. The van der Waals surface area contributed by atoms with Gasteiger partial charge in [-0.3, -0.25) is 9.59 Å². The van der Waals surface area contributed by atoms with Crippen LogP contribution in [-0.2, 0) is 19.1 Å². The molecule has 1 N–H and O–H groups in total. The number of aliphatic carboxylic acids is 1. The van der Waals surface area contributed by atoms with Crippen molar-refractivity contribution in [2.45, 2.75) is 65.1 Å². The number of hydrogen-bond acceptors (Lipinski definition) is 4. The third-order valence-electron chi connectivity index (χ3n) is 2.42. The van der Waals surface area contributed by atoms with E-state index in [0.29, 0.717) is 25.9 Å². The smallest absolute Gasteiger partial charge is 0.308 e. The molecule has 0 aromatic carbocycles. The summed E-state index contributed by atoms with van der Waals surface area (Å²) in [5, 5.41) is 8.45. The fourth-order valence-electron chi connectivity index (χ4n) is 1.35. The van der Waals surface area contributed by atoms with Gasteiger partial charge in [-0.2, -0.15) is 0 Å². The number of carboxylic acids is 1. The van der Waals surface area contributed by atoms with Crippen LogP contribution in [0.25, 0.3) is 0 Å². The molecule has 106 valence electrons. The maximum atomic E-state index is 11.4. The lowest BCUT2D eigenvalue weighted by atomic mass is 10.2. The normalized spacial score (nSPS) is 12.1. The van der Waals surface area contributed by atoms with Crippen LogP contribution in [0.1, 0.15) is 58.8 Å². The van der Waals surface area contributed by atoms with Crippen LogP contribution in [0.3, 0.4) is 0 Å². The van der Waals surface area contributed by atoms with Crippen LogP contribution in [0, 0.1) is 0 Å². The highest BCUT2D eigenvalue weighted by molar-refractivity contribution is 5.69. The van der Waals surface area contributed by atoms with Crippen molar-refractivity contribution in [2.24, 2.45) is 0 Å². The lowest BCUT2D eigenvalue weighted by Crippen LogP contribution is -2.21. The molecule has 0 heterocycles. The van der Waals surface area contributed by atoms with Crippen LogP contribution in [0.15, 0.2) is 0 Å². The van der Waals surface area contributed by atoms with Crippen molar-refractivity contribution < 1.29 is 24.2 Å². The highest BCUT2D eigenvalue weighted by Crippen LogP contribution is 2.07. The highest BCUT2D eigenvalue weighted by atomic mass is 16.7. The zero-order valence-electron chi connectivity index (χ0n) is 11.3. The zero-order chi connectivity index (χ0) is 13.8. The second-order valence-electron chi connectivity index (χ2n) is 4.15. The maximum absolute atomic E-state index is 11.4. The first-order valence-corrected chi connectivity index (χ1v) is 6.63. The number of unbranched alkanes of at least 4 members (excludes halogenated alkanes) is 2. The predicted molar refractivity (Wildman–Crippen MR) is 67.1 cm³/mol. The molecule has 0 aliphatic carbocycles. The summed E-state index contributed by atoms with van der Waals surface area (Å²) in [5.74, 6) is -1.15. The van der Waals surface area contributed by atoms with E-state index in [0.717, 1.165) is 12.8 Å². The quantitative estimate of drug-likeness (QED) is 0.351. The van der Waals surface area contributed by atoms with Gasteiger partial charge < -0.3 is 14.6 Å². The second-order valence-corrected chi connectivity index (χ2v) is 4.15. The first-order valence-electron chi connectivity index (χ1n) is 6.63. The van der Waals surface area contributed by atoms with Gasteiger partial charge in [0, 0.05) is 19.3 Å². The summed E-state index contributed by atoms with van der Waals surface area (Å²) < 4.78 is 10.6. The number of ether oxygens (including phenoxy) is 2.